The van der Waals surface area contributed by atoms with Gasteiger partial charge in [-0.15, -0.1) is 0 Å². The predicted molar refractivity (Wildman–Crippen MR) is 76.9 cm³/mol. The zero-order chi connectivity index (χ0) is 16.2. The van der Waals surface area contributed by atoms with Gasteiger partial charge in [0.25, 0.3) is 5.91 Å². The summed E-state index contributed by atoms with van der Waals surface area (Å²) in [7, 11) is 0. The molecule has 1 aromatic heterocycles. The number of primary amides is 1. The molecule has 118 valence electrons. The van der Waals surface area contributed by atoms with Crippen molar-refractivity contribution in [2.75, 3.05) is 0 Å². The van der Waals surface area contributed by atoms with E-state index in [9.17, 15) is 9.59 Å². The molecule has 1 heterocycles. The SMILES string of the molecule is CCC(c1nc(C(N)=O)co1)C(C)NC(=O)OC(C)(C)C. The van der Waals surface area contributed by atoms with Crippen molar-refractivity contribution < 1.29 is 18.7 Å². The molecule has 7 heteroatoms. The van der Waals surface area contributed by atoms with Crippen molar-refractivity contribution >= 4 is 12.0 Å². The molecule has 2 unspecified atom stereocenters. The standard InChI is InChI=1S/C14H23N3O4/c1-6-9(12-17-10(7-20-12)11(15)18)8(2)16-13(19)21-14(3,4)5/h7-9H,6H2,1-5H3,(H2,15,18)(H,16,19). The van der Waals surface area contributed by atoms with Crippen LogP contribution in [0, 0.1) is 0 Å². The van der Waals surface area contributed by atoms with Crippen molar-refractivity contribution in [2.24, 2.45) is 5.73 Å². The first-order valence-electron chi connectivity index (χ1n) is 6.88. The summed E-state index contributed by atoms with van der Waals surface area (Å²) in [6.45, 7) is 9.14. The van der Waals surface area contributed by atoms with Crippen LogP contribution in [-0.2, 0) is 4.74 Å². The smallest absolute Gasteiger partial charge is 0.407 e. The molecule has 1 aromatic rings. The zero-order valence-electron chi connectivity index (χ0n) is 13.1. The number of nitrogens with one attached hydrogen (secondary N) is 1. The van der Waals surface area contributed by atoms with Gasteiger partial charge in [-0.05, 0) is 34.1 Å². The van der Waals surface area contributed by atoms with Gasteiger partial charge in [-0.3, -0.25) is 4.79 Å². The summed E-state index contributed by atoms with van der Waals surface area (Å²) >= 11 is 0. The van der Waals surface area contributed by atoms with Crippen LogP contribution in [-0.4, -0.2) is 28.6 Å². The van der Waals surface area contributed by atoms with E-state index in [1.165, 1.54) is 6.26 Å². The number of nitrogens with zero attached hydrogens (tertiary/aromatic N) is 1. The Balaban J connectivity index is 2.74. The zero-order valence-corrected chi connectivity index (χ0v) is 13.1. The third-order valence-electron chi connectivity index (χ3n) is 2.88. The topological polar surface area (TPSA) is 107 Å². The molecule has 0 bridgehead atoms. The predicted octanol–water partition coefficient (Wildman–Crippen LogP) is 2.18. The fourth-order valence-corrected chi connectivity index (χ4v) is 1.91. The van der Waals surface area contributed by atoms with E-state index in [2.05, 4.69) is 10.3 Å². The number of rotatable bonds is 5. The molecule has 0 aliphatic rings. The molecule has 1 rings (SSSR count). The van der Waals surface area contributed by atoms with Crippen LogP contribution in [0.5, 0.6) is 0 Å². The first kappa shape index (κ1) is 17.0. The van der Waals surface area contributed by atoms with Crippen LogP contribution in [0.2, 0.25) is 0 Å². The Bertz CT molecular complexity index is 505. The van der Waals surface area contributed by atoms with Crippen molar-refractivity contribution in [2.45, 2.75) is 58.6 Å². The number of carbonyl (C=O) groups is 2. The van der Waals surface area contributed by atoms with Gasteiger partial charge in [0, 0.05) is 6.04 Å². The number of nitrogens with two attached hydrogens (primary N) is 1. The number of ether oxygens (including phenoxy) is 1. The van der Waals surface area contributed by atoms with Crippen molar-refractivity contribution in [3.63, 3.8) is 0 Å². The summed E-state index contributed by atoms with van der Waals surface area (Å²) in [5.41, 5.74) is 4.66. The largest absolute Gasteiger partial charge is 0.448 e. The van der Waals surface area contributed by atoms with Crippen LogP contribution in [0.3, 0.4) is 0 Å². The fourth-order valence-electron chi connectivity index (χ4n) is 1.91. The second-order valence-electron chi connectivity index (χ2n) is 5.88. The monoisotopic (exact) mass is 297 g/mol. The van der Waals surface area contributed by atoms with Gasteiger partial charge in [0.1, 0.15) is 11.9 Å². The fraction of sp³-hybridized carbons (Fsp3) is 0.643. The molecule has 0 spiro atoms. The molecule has 0 radical (unpaired) electrons. The van der Waals surface area contributed by atoms with E-state index in [-0.39, 0.29) is 17.7 Å². The number of hydrogen-bond acceptors (Lipinski definition) is 5. The summed E-state index contributed by atoms with van der Waals surface area (Å²) in [4.78, 5) is 26.9. The Morgan fingerprint density at radius 3 is 2.52 bits per heavy atom. The van der Waals surface area contributed by atoms with E-state index in [0.717, 1.165) is 0 Å². The summed E-state index contributed by atoms with van der Waals surface area (Å²) in [5.74, 6) is -0.451. The maximum atomic E-state index is 11.8. The lowest BCUT2D eigenvalue weighted by Gasteiger charge is -2.24. The van der Waals surface area contributed by atoms with E-state index in [1.807, 2.05) is 13.8 Å². The summed E-state index contributed by atoms with van der Waals surface area (Å²) in [6, 6.07) is -0.260. The van der Waals surface area contributed by atoms with E-state index >= 15 is 0 Å². The average Bonchev–Trinajstić information content (AvgIpc) is 2.76. The van der Waals surface area contributed by atoms with Gasteiger partial charge in [0.15, 0.2) is 11.6 Å². The molecule has 0 aliphatic heterocycles. The molecule has 0 aliphatic carbocycles. The third-order valence-corrected chi connectivity index (χ3v) is 2.88. The molecule has 0 saturated heterocycles. The molecule has 2 atom stereocenters. The lowest BCUT2D eigenvalue weighted by molar-refractivity contribution is 0.0498. The van der Waals surface area contributed by atoms with E-state index in [1.54, 1.807) is 20.8 Å². The molecule has 7 nitrogen and oxygen atoms in total. The number of oxazole rings is 1. The highest BCUT2D eigenvalue weighted by Gasteiger charge is 2.26. The first-order valence-corrected chi connectivity index (χ1v) is 6.88. The molecule has 2 amide bonds. The van der Waals surface area contributed by atoms with Gasteiger partial charge in [-0.25, -0.2) is 9.78 Å². The molecule has 3 N–H and O–H groups in total. The highest BCUT2D eigenvalue weighted by molar-refractivity contribution is 5.90. The average molecular weight is 297 g/mol. The van der Waals surface area contributed by atoms with Crippen molar-refractivity contribution in [3.05, 3.63) is 17.8 Å². The van der Waals surface area contributed by atoms with Gasteiger partial charge in [-0.2, -0.15) is 0 Å². The normalized spacial score (nSPS) is 14.3. The highest BCUT2D eigenvalue weighted by Crippen LogP contribution is 2.23. The first-order chi connectivity index (χ1) is 9.64. The lowest BCUT2D eigenvalue weighted by Crippen LogP contribution is -2.40. The van der Waals surface area contributed by atoms with Crippen LogP contribution in [0.15, 0.2) is 10.7 Å². The van der Waals surface area contributed by atoms with Crippen LogP contribution >= 0.6 is 0 Å². The van der Waals surface area contributed by atoms with Crippen LogP contribution < -0.4 is 11.1 Å². The molecule has 21 heavy (non-hydrogen) atoms. The number of hydrogen-bond donors (Lipinski definition) is 2. The molecular formula is C14H23N3O4. The second kappa shape index (κ2) is 6.60. The third kappa shape index (κ3) is 5.09. The Labute approximate surface area is 124 Å². The Morgan fingerprint density at radius 2 is 2.10 bits per heavy atom. The van der Waals surface area contributed by atoms with E-state index in [0.29, 0.717) is 12.3 Å². The Morgan fingerprint density at radius 1 is 1.48 bits per heavy atom. The minimum atomic E-state index is -0.646. The number of aromatic nitrogens is 1. The Hall–Kier alpha value is -2.05. The summed E-state index contributed by atoms with van der Waals surface area (Å²) in [6.07, 6.45) is 1.39. The van der Waals surface area contributed by atoms with Crippen LogP contribution in [0.25, 0.3) is 0 Å². The van der Waals surface area contributed by atoms with E-state index in [4.69, 9.17) is 14.9 Å². The number of alkyl carbamates (subject to hydrolysis) is 1. The molecule has 0 saturated carbocycles. The maximum Gasteiger partial charge on any atom is 0.407 e. The van der Waals surface area contributed by atoms with Gasteiger partial charge in [-0.1, -0.05) is 6.92 Å². The quantitative estimate of drug-likeness (QED) is 0.866. The molecule has 0 aromatic carbocycles. The van der Waals surface area contributed by atoms with Crippen molar-refractivity contribution in [3.8, 4) is 0 Å². The summed E-state index contributed by atoms with van der Waals surface area (Å²) < 4.78 is 10.5. The van der Waals surface area contributed by atoms with Gasteiger partial charge in [0.2, 0.25) is 0 Å². The summed E-state index contributed by atoms with van der Waals surface area (Å²) in [5, 5.41) is 2.75. The highest BCUT2D eigenvalue weighted by atomic mass is 16.6. The van der Waals surface area contributed by atoms with Gasteiger partial charge in [0.05, 0.1) is 5.92 Å². The minimum absolute atomic E-state index is 0.0768. The van der Waals surface area contributed by atoms with Crippen molar-refractivity contribution in [1.82, 2.24) is 10.3 Å². The minimum Gasteiger partial charge on any atom is -0.448 e. The van der Waals surface area contributed by atoms with E-state index < -0.39 is 17.6 Å². The van der Waals surface area contributed by atoms with Crippen LogP contribution in [0.1, 0.15) is 63.3 Å². The number of amides is 2. The van der Waals surface area contributed by atoms with Gasteiger partial charge >= 0.3 is 6.09 Å². The lowest BCUT2D eigenvalue weighted by atomic mass is 9.98. The van der Waals surface area contributed by atoms with Gasteiger partial charge < -0.3 is 20.2 Å². The Kier molecular flexibility index (Phi) is 5.34. The number of carbonyl (C=O) groups excluding carboxylic acids is 2. The van der Waals surface area contributed by atoms with Crippen molar-refractivity contribution in [1.29, 1.82) is 0 Å². The maximum absolute atomic E-state index is 11.8. The second-order valence-corrected chi connectivity index (χ2v) is 5.88. The van der Waals surface area contributed by atoms with Crippen LogP contribution in [0.4, 0.5) is 4.79 Å². The molecule has 0 fully saturated rings. The molecular weight excluding hydrogens is 274 g/mol.